The van der Waals surface area contributed by atoms with E-state index >= 15 is 0 Å². The first kappa shape index (κ1) is 31.0. The molecule has 0 spiro atoms. The molecule has 218 valence electrons. The Labute approximate surface area is 246 Å². The summed E-state index contributed by atoms with van der Waals surface area (Å²) >= 11 is 0. The first-order valence-corrected chi connectivity index (χ1v) is 18.7. The highest BCUT2D eigenvalue weighted by atomic mass is 33.1. The van der Waals surface area contributed by atoms with E-state index in [2.05, 4.69) is 74.9 Å². The van der Waals surface area contributed by atoms with Gasteiger partial charge in [-0.15, -0.1) is 0 Å². The molecule has 3 atom stereocenters. The van der Waals surface area contributed by atoms with E-state index < -0.39 is 8.32 Å². The molecule has 1 saturated heterocycles. The highest BCUT2D eigenvalue weighted by Crippen LogP contribution is 2.40. The summed E-state index contributed by atoms with van der Waals surface area (Å²) in [5, 5.41) is 2.96. The van der Waals surface area contributed by atoms with Crippen molar-refractivity contribution in [2.75, 3.05) is 17.9 Å². The highest BCUT2D eigenvalue weighted by molar-refractivity contribution is 8.77. The Kier molecular flexibility index (Phi) is 9.68. The number of carbonyl (C=O) groups excluding carboxylic acids is 1. The lowest BCUT2D eigenvalue weighted by Crippen LogP contribution is -2.44. The number of carbonyl (C=O) groups is 1. The van der Waals surface area contributed by atoms with Crippen molar-refractivity contribution in [3.05, 3.63) is 48.5 Å². The van der Waals surface area contributed by atoms with Gasteiger partial charge in [0.05, 0.1) is 19.0 Å². The van der Waals surface area contributed by atoms with Crippen molar-refractivity contribution in [1.82, 2.24) is 19.5 Å². The van der Waals surface area contributed by atoms with Gasteiger partial charge in [0, 0.05) is 16.7 Å². The Morgan fingerprint density at radius 1 is 1.12 bits per heavy atom. The molecular formula is C28H41N5O4S2Si. The Bertz CT molecular complexity index is 1290. The zero-order chi connectivity index (χ0) is 29.1. The van der Waals surface area contributed by atoms with Crippen LogP contribution in [0.15, 0.2) is 43.0 Å². The molecule has 0 bridgehead atoms. The van der Waals surface area contributed by atoms with Crippen LogP contribution in [0.4, 0.5) is 5.82 Å². The Hall–Kier alpha value is -1.96. The third-order valence-electron chi connectivity index (χ3n) is 7.17. The molecule has 9 nitrogen and oxygen atoms in total. The van der Waals surface area contributed by atoms with Crippen LogP contribution >= 0.6 is 21.6 Å². The summed E-state index contributed by atoms with van der Waals surface area (Å²) in [4.78, 5) is 26.1. The van der Waals surface area contributed by atoms with E-state index in [9.17, 15) is 4.79 Å². The van der Waals surface area contributed by atoms with Crippen molar-refractivity contribution >= 4 is 52.8 Å². The Morgan fingerprint density at radius 2 is 1.85 bits per heavy atom. The minimum atomic E-state index is -1.97. The van der Waals surface area contributed by atoms with Gasteiger partial charge in [-0.25, -0.2) is 15.0 Å². The molecule has 4 rings (SSSR count). The van der Waals surface area contributed by atoms with Crippen LogP contribution < -0.4 is 5.32 Å². The molecule has 1 N–H and O–H groups in total. The normalized spacial score (nSPS) is 20.2. The number of aromatic nitrogens is 4. The molecule has 1 amide bonds. The SMILES string of the molecule is CC(C)(C)SSCO[C@@H]1C[C@H](n2cnc3c(NC(=O)c4ccccc4)ncnc32)O[C@@H]1CO[Si](C)(C)C(C)(C)C. The monoisotopic (exact) mass is 603 g/mol. The van der Waals surface area contributed by atoms with E-state index in [1.165, 1.54) is 6.33 Å². The number of rotatable bonds is 10. The van der Waals surface area contributed by atoms with Gasteiger partial charge in [0.2, 0.25) is 0 Å². The van der Waals surface area contributed by atoms with Crippen LogP contribution in [-0.4, -0.2) is 63.2 Å². The maximum Gasteiger partial charge on any atom is 0.256 e. The third-order valence-corrected chi connectivity index (χ3v) is 14.7. The van der Waals surface area contributed by atoms with Crippen molar-refractivity contribution in [3.63, 3.8) is 0 Å². The fraction of sp³-hybridized carbons (Fsp3) is 0.571. The molecule has 1 fully saturated rings. The molecule has 1 aliphatic rings. The third kappa shape index (κ3) is 7.65. The van der Waals surface area contributed by atoms with Crippen LogP contribution in [-0.2, 0) is 13.9 Å². The molecule has 12 heteroatoms. The zero-order valence-electron chi connectivity index (χ0n) is 24.6. The van der Waals surface area contributed by atoms with Crippen LogP contribution in [0.1, 0.15) is 64.5 Å². The predicted molar refractivity (Wildman–Crippen MR) is 166 cm³/mol. The summed E-state index contributed by atoms with van der Waals surface area (Å²) in [5.41, 5.74) is 1.64. The van der Waals surface area contributed by atoms with Gasteiger partial charge < -0.3 is 19.2 Å². The topological polar surface area (TPSA) is 100 Å². The molecular weight excluding hydrogens is 563 g/mol. The lowest BCUT2D eigenvalue weighted by Gasteiger charge is -2.37. The molecule has 0 unspecified atom stereocenters. The number of hydrogen-bond donors (Lipinski definition) is 1. The van der Waals surface area contributed by atoms with Gasteiger partial charge in [0.1, 0.15) is 24.6 Å². The second-order valence-corrected chi connectivity index (χ2v) is 20.3. The van der Waals surface area contributed by atoms with E-state index in [0.717, 1.165) is 0 Å². The van der Waals surface area contributed by atoms with Crippen LogP contribution in [0.3, 0.4) is 0 Å². The molecule has 1 aliphatic heterocycles. The first-order valence-electron chi connectivity index (χ1n) is 13.5. The van der Waals surface area contributed by atoms with Crippen LogP contribution in [0.25, 0.3) is 11.2 Å². The van der Waals surface area contributed by atoms with Gasteiger partial charge in [0.15, 0.2) is 25.3 Å². The van der Waals surface area contributed by atoms with E-state index in [0.29, 0.717) is 41.5 Å². The molecule has 0 saturated carbocycles. The summed E-state index contributed by atoms with van der Waals surface area (Å²) in [7, 11) is 1.54. The van der Waals surface area contributed by atoms with Crippen molar-refractivity contribution in [3.8, 4) is 0 Å². The van der Waals surface area contributed by atoms with E-state index in [1.54, 1.807) is 40.0 Å². The highest BCUT2D eigenvalue weighted by Gasteiger charge is 2.42. The van der Waals surface area contributed by atoms with Crippen molar-refractivity contribution in [2.45, 2.75) is 89.3 Å². The van der Waals surface area contributed by atoms with Gasteiger partial charge in [-0.2, -0.15) is 0 Å². The van der Waals surface area contributed by atoms with Crippen LogP contribution in [0.5, 0.6) is 0 Å². The summed E-state index contributed by atoms with van der Waals surface area (Å²) in [5.74, 6) is 0.660. The quantitative estimate of drug-likeness (QED) is 0.115. The number of imidazole rings is 1. The van der Waals surface area contributed by atoms with Crippen molar-refractivity contribution in [2.24, 2.45) is 0 Å². The van der Waals surface area contributed by atoms with E-state index in [1.807, 2.05) is 22.8 Å². The average Bonchev–Trinajstić information content (AvgIpc) is 3.49. The maximum atomic E-state index is 12.8. The van der Waals surface area contributed by atoms with E-state index in [-0.39, 0.29) is 34.1 Å². The van der Waals surface area contributed by atoms with Gasteiger partial charge >= 0.3 is 0 Å². The number of fused-ring (bicyclic) bond motifs is 1. The van der Waals surface area contributed by atoms with Gasteiger partial charge in [-0.3, -0.25) is 9.36 Å². The molecule has 0 radical (unpaired) electrons. The fourth-order valence-corrected chi connectivity index (χ4v) is 6.96. The Morgan fingerprint density at radius 3 is 2.52 bits per heavy atom. The molecule has 1 aromatic carbocycles. The predicted octanol–water partition coefficient (Wildman–Crippen LogP) is 6.91. The van der Waals surface area contributed by atoms with Crippen molar-refractivity contribution < 1.29 is 18.7 Å². The Balaban J connectivity index is 1.51. The molecule has 3 aromatic rings. The zero-order valence-corrected chi connectivity index (χ0v) is 27.3. The van der Waals surface area contributed by atoms with Crippen LogP contribution in [0, 0.1) is 0 Å². The minimum Gasteiger partial charge on any atom is -0.414 e. The number of hydrogen-bond acceptors (Lipinski definition) is 9. The van der Waals surface area contributed by atoms with Gasteiger partial charge in [-0.1, -0.05) is 81.3 Å². The summed E-state index contributed by atoms with van der Waals surface area (Å²) in [6.07, 6.45) is 3.06. The minimum absolute atomic E-state index is 0.0958. The molecule has 3 heterocycles. The number of nitrogens with zero attached hydrogens (tertiary/aromatic N) is 4. The van der Waals surface area contributed by atoms with Crippen LogP contribution in [0.2, 0.25) is 18.1 Å². The summed E-state index contributed by atoms with van der Waals surface area (Å²) < 4.78 is 21.5. The maximum absolute atomic E-state index is 12.8. The fourth-order valence-electron chi connectivity index (χ4n) is 3.94. The van der Waals surface area contributed by atoms with Crippen molar-refractivity contribution in [1.29, 1.82) is 0 Å². The number of nitrogens with one attached hydrogen (secondary N) is 1. The first-order chi connectivity index (χ1) is 18.7. The largest absolute Gasteiger partial charge is 0.414 e. The van der Waals surface area contributed by atoms with E-state index in [4.69, 9.17) is 13.9 Å². The van der Waals surface area contributed by atoms with Gasteiger partial charge in [0.25, 0.3) is 5.91 Å². The number of ether oxygens (including phenoxy) is 2. The summed E-state index contributed by atoms with van der Waals surface area (Å²) in [6.45, 7) is 18.2. The van der Waals surface area contributed by atoms with Gasteiger partial charge in [-0.05, 0) is 30.3 Å². The second kappa shape index (κ2) is 12.5. The standard InChI is InChI=1S/C28H41N5O4S2Si/c1-27(2,3)39-38-18-35-20-14-22(37-21(20)15-36-40(7,8)28(4,5)6)33-17-31-23-24(29-16-30-25(23)33)32-26(34)19-12-10-9-11-13-19/h9-13,16-17,20-22H,14-15,18H2,1-8H3,(H,29,30,32,34)/t20-,21-,22-/m1/s1. The number of benzene rings is 1. The summed E-state index contributed by atoms with van der Waals surface area (Å²) in [6, 6.07) is 9.01. The molecule has 40 heavy (non-hydrogen) atoms. The molecule has 2 aromatic heterocycles. The second-order valence-electron chi connectivity index (χ2n) is 12.4. The smallest absolute Gasteiger partial charge is 0.256 e. The molecule has 0 aliphatic carbocycles. The average molecular weight is 604 g/mol. The lowest BCUT2D eigenvalue weighted by atomic mass is 10.2. The lowest BCUT2D eigenvalue weighted by molar-refractivity contribution is -0.0506. The number of anilines is 1. The number of amides is 1.